The first-order valence-electron chi connectivity index (χ1n) is 8.51. The largest absolute Gasteiger partial charge is 0.439 e. The summed E-state index contributed by atoms with van der Waals surface area (Å²) in [5.74, 6) is 0.582. The maximum Gasteiger partial charge on any atom is 0.236 e. The minimum Gasteiger partial charge on any atom is -0.439 e. The highest BCUT2D eigenvalue weighted by molar-refractivity contribution is 6.44. The van der Waals surface area contributed by atoms with E-state index in [9.17, 15) is 4.39 Å². The predicted molar refractivity (Wildman–Crippen MR) is 110 cm³/mol. The summed E-state index contributed by atoms with van der Waals surface area (Å²) in [6.45, 7) is 0.304. The van der Waals surface area contributed by atoms with E-state index in [1.807, 2.05) is 36.4 Å². The number of hydrogen-bond donors (Lipinski definition) is 2. The van der Waals surface area contributed by atoms with Crippen molar-refractivity contribution in [3.8, 4) is 11.6 Å². The summed E-state index contributed by atoms with van der Waals surface area (Å²) >= 11 is 12.2. The van der Waals surface area contributed by atoms with Gasteiger partial charge in [-0.3, -0.25) is 0 Å². The van der Waals surface area contributed by atoms with Crippen molar-refractivity contribution < 1.29 is 9.13 Å². The number of guanidine groups is 1. The van der Waals surface area contributed by atoms with Crippen LogP contribution in [0.15, 0.2) is 65.9 Å². The molecule has 2 aromatic carbocycles. The second-order valence-electron chi connectivity index (χ2n) is 6.01. The van der Waals surface area contributed by atoms with E-state index in [0.717, 1.165) is 5.56 Å². The molecule has 1 aromatic heterocycles. The lowest BCUT2D eigenvalue weighted by Gasteiger charge is -2.29. The fourth-order valence-electron chi connectivity index (χ4n) is 2.78. The van der Waals surface area contributed by atoms with E-state index in [2.05, 4.69) is 15.6 Å². The van der Waals surface area contributed by atoms with Gasteiger partial charge in [-0.2, -0.15) is 0 Å². The number of pyridine rings is 1. The Kier molecular flexibility index (Phi) is 5.39. The molecule has 0 fully saturated rings. The highest BCUT2D eigenvalue weighted by Gasteiger charge is 2.29. The molecule has 0 spiro atoms. The second-order valence-corrected chi connectivity index (χ2v) is 6.77. The molecule has 4 rings (SSSR count). The topological polar surface area (TPSA) is 79.0 Å². The van der Waals surface area contributed by atoms with Crippen LogP contribution in [0.5, 0.6) is 11.6 Å². The predicted octanol–water partition coefficient (Wildman–Crippen LogP) is 4.29. The van der Waals surface area contributed by atoms with Crippen LogP contribution in [0.25, 0.3) is 0 Å². The number of rotatable bonds is 5. The van der Waals surface area contributed by atoms with E-state index < -0.39 is 5.82 Å². The van der Waals surface area contributed by atoms with Crippen LogP contribution in [0.3, 0.4) is 0 Å². The monoisotopic (exact) mass is 432 g/mol. The van der Waals surface area contributed by atoms with E-state index >= 15 is 0 Å². The average molecular weight is 433 g/mol. The Labute approximate surface area is 176 Å². The Hall–Kier alpha value is -3.07. The summed E-state index contributed by atoms with van der Waals surface area (Å²) in [5, 5.41) is 6.97. The smallest absolute Gasteiger partial charge is 0.236 e. The van der Waals surface area contributed by atoms with Gasteiger partial charge in [0.2, 0.25) is 11.8 Å². The molecule has 0 bridgehead atoms. The lowest BCUT2D eigenvalue weighted by molar-refractivity contribution is 0.210. The van der Waals surface area contributed by atoms with Gasteiger partial charge in [-0.25, -0.2) is 19.9 Å². The molecular formula is C19H15Cl2FN6O. The van der Waals surface area contributed by atoms with Crippen LogP contribution in [0.2, 0.25) is 10.0 Å². The van der Waals surface area contributed by atoms with Gasteiger partial charge in [0, 0.05) is 17.8 Å². The minimum atomic E-state index is -0.622. The number of hydrazone groups is 1. The molecule has 3 N–H and O–H groups in total. The number of ether oxygens (including phenoxy) is 1. The van der Waals surface area contributed by atoms with Crippen molar-refractivity contribution in [3.63, 3.8) is 0 Å². The second kappa shape index (κ2) is 8.12. The number of nitrogens with zero attached hydrogens (tertiary/aromatic N) is 4. The van der Waals surface area contributed by atoms with Gasteiger partial charge in [0.25, 0.3) is 0 Å². The van der Waals surface area contributed by atoms with E-state index in [-0.39, 0.29) is 16.0 Å². The third kappa shape index (κ3) is 3.91. The molecule has 29 heavy (non-hydrogen) atoms. The lowest BCUT2D eigenvalue weighted by Crippen LogP contribution is -2.47. The van der Waals surface area contributed by atoms with Crippen LogP contribution < -0.4 is 21.0 Å². The van der Waals surface area contributed by atoms with Gasteiger partial charge in [-0.1, -0.05) is 47.5 Å². The van der Waals surface area contributed by atoms with Gasteiger partial charge in [0.15, 0.2) is 0 Å². The number of para-hydroxylation sites is 1. The third-order valence-electron chi connectivity index (χ3n) is 4.13. The molecule has 0 radical (unpaired) electrons. The molecular weight excluding hydrogens is 418 g/mol. The SMILES string of the molecule is NC1=NNN(Cc2ccccc2Oc2ccccn2)N1c1ccc(F)c(Cl)c1Cl. The molecule has 1 aliphatic rings. The highest BCUT2D eigenvalue weighted by Crippen LogP contribution is 2.36. The fourth-order valence-corrected chi connectivity index (χ4v) is 3.17. The number of aromatic nitrogens is 1. The van der Waals surface area contributed by atoms with Gasteiger partial charge in [0.05, 0.1) is 22.3 Å². The zero-order valence-electron chi connectivity index (χ0n) is 14.9. The number of benzene rings is 2. The van der Waals surface area contributed by atoms with Crippen molar-refractivity contribution >= 4 is 34.8 Å². The quantitative estimate of drug-likeness (QED) is 0.585. The van der Waals surface area contributed by atoms with Crippen LogP contribution in [0, 0.1) is 5.82 Å². The zero-order valence-corrected chi connectivity index (χ0v) is 16.4. The maximum absolute atomic E-state index is 13.7. The normalized spacial score (nSPS) is 13.9. The molecule has 10 heteroatoms. The summed E-state index contributed by atoms with van der Waals surface area (Å²) in [6, 6.07) is 15.6. The number of hydrazine groups is 2. The number of hydrogen-bond acceptors (Lipinski definition) is 7. The van der Waals surface area contributed by atoms with Crippen molar-refractivity contribution in [1.82, 2.24) is 15.6 Å². The van der Waals surface area contributed by atoms with Crippen LogP contribution in [0.1, 0.15) is 5.56 Å². The van der Waals surface area contributed by atoms with E-state index in [1.54, 1.807) is 17.4 Å². The van der Waals surface area contributed by atoms with Crippen LogP contribution in [-0.4, -0.2) is 16.1 Å². The first-order valence-corrected chi connectivity index (χ1v) is 9.27. The molecule has 7 nitrogen and oxygen atoms in total. The van der Waals surface area contributed by atoms with Crippen LogP contribution in [-0.2, 0) is 6.54 Å². The number of nitrogens with one attached hydrogen (secondary N) is 1. The Morgan fingerprint density at radius 3 is 2.62 bits per heavy atom. The summed E-state index contributed by atoms with van der Waals surface area (Å²) in [6.07, 6.45) is 1.65. The van der Waals surface area contributed by atoms with Crippen LogP contribution in [0.4, 0.5) is 10.1 Å². The fraction of sp³-hybridized carbons (Fsp3) is 0.0526. The molecule has 0 atom stereocenters. The van der Waals surface area contributed by atoms with Crippen LogP contribution >= 0.6 is 23.2 Å². The first-order chi connectivity index (χ1) is 14.0. The molecule has 148 valence electrons. The first kappa shape index (κ1) is 19.3. The molecule has 2 heterocycles. The molecule has 0 saturated carbocycles. The van der Waals surface area contributed by atoms with Gasteiger partial charge in [0.1, 0.15) is 11.6 Å². The maximum atomic E-state index is 13.7. The molecule has 0 saturated heterocycles. The zero-order chi connectivity index (χ0) is 20.4. The summed E-state index contributed by atoms with van der Waals surface area (Å²) in [5.41, 5.74) is 10.0. The van der Waals surface area contributed by atoms with Crippen molar-refractivity contribution in [2.45, 2.75) is 6.54 Å². The Bertz CT molecular complexity index is 1070. The van der Waals surface area contributed by atoms with Crippen molar-refractivity contribution in [3.05, 3.63) is 82.2 Å². The Morgan fingerprint density at radius 2 is 1.83 bits per heavy atom. The van der Waals surface area contributed by atoms with Gasteiger partial charge in [-0.15, -0.1) is 10.2 Å². The number of anilines is 1. The number of nitrogens with two attached hydrogens (primary N) is 1. The van der Waals surface area contributed by atoms with E-state index in [4.69, 9.17) is 33.7 Å². The summed E-state index contributed by atoms with van der Waals surface area (Å²) < 4.78 is 19.6. The standard InChI is InChI=1S/C19H15Cl2FN6O/c20-17-13(22)8-9-14(18(17)21)28-19(23)25-26-27(28)11-12-5-1-2-6-15(12)29-16-7-3-4-10-24-16/h1-10,26H,11H2,(H2,23,25). The third-order valence-corrected chi connectivity index (χ3v) is 4.98. The number of halogens is 3. The summed E-state index contributed by atoms with van der Waals surface area (Å²) in [7, 11) is 0. The summed E-state index contributed by atoms with van der Waals surface area (Å²) in [4.78, 5) is 4.18. The van der Waals surface area contributed by atoms with Crippen molar-refractivity contribution in [2.24, 2.45) is 10.8 Å². The molecule has 1 aliphatic heterocycles. The van der Waals surface area contributed by atoms with E-state index in [1.165, 1.54) is 17.1 Å². The molecule has 3 aromatic rings. The Balaban J connectivity index is 1.62. The van der Waals surface area contributed by atoms with Crippen molar-refractivity contribution in [1.29, 1.82) is 0 Å². The lowest BCUT2D eigenvalue weighted by atomic mass is 10.2. The molecule has 0 unspecified atom stereocenters. The molecule has 0 aliphatic carbocycles. The van der Waals surface area contributed by atoms with Crippen molar-refractivity contribution in [2.75, 3.05) is 5.01 Å². The van der Waals surface area contributed by atoms with E-state index in [0.29, 0.717) is 23.9 Å². The Morgan fingerprint density at radius 1 is 1.03 bits per heavy atom. The molecule has 0 amide bonds. The highest BCUT2D eigenvalue weighted by atomic mass is 35.5. The minimum absolute atomic E-state index is 0.0246. The van der Waals surface area contributed by atoms with Gasteiger partial charge in [-0.05, 0) is 24.3 Å². The van der Waals surface area contributed by atoms with Gasteiger partial charge < -0.3 is 10.5 Å². The average Bonchev–Trinajstić information content (AvgIpc) is 3.09. The van der Waals surface area contributed by atoms with Gasteiger partial charge >= 0.3 is 0 Å².